The van der Waals surface area contributed by atoms with Crippen molar-refractivity contribution in [1.29, 1.82) is 0 Å². The minimum absolute atomic E-state index is 0. The van der Waals surface area contributed by atoms with Crippen molar-refractivity contribution in [3.05, 3.63) is 35.9 Å². The molecule has 2 N–H and O–H groups in total. The van der Waals surface area contributed by atoms with Crippen LogP contribution in [0.1, 0.15) is 38.2 Å². The van der Waals surface area contributed by atoms with Crippen molar-refractivity contribution in [2.24, 2.45) is 11.7 Å². The van der Waals surface area contributed by atoms with Gasteiger partial charge in [0.2, 0.25) is 5.91 Å². The number of halogens is 2. The van der Waals surface area contributed by atoms with Crippen LogP contribution in [0.5, 0.6) is 0 Å². The third-order valence-corrected chi connectivity index (χ3v) is 5.80. The molecular weight excluding hydrogens is 369 g/mol. The van der Waals surface area contributed by atoms with Crippen LogP contribution >= 0.6 is 24.8 Å². The number of carbonyl (C=O) groups is 1. The first-order valence-corrected chi connectivity index (χ1v) is 9.40. The van der Waals surface area contributed by atoms with E-state index in [1.54, 1.807) is 0 Å². The first-order valence-electron chi connectivity index (χ1n) is 9.40. The largest absolute Gasteiger partial charge is 0.340 e. The van der Waals surface area contributed by atoms with E-state index in [-0.39, 0.29) is 36.3 Å². The number of hydrogen-bond donors (Lipinski definition) is 1. The molecule has 2 fully saturated rings. The molecule has 6 heteroatoms. The zero-order chi connectivity index (χ0) is 17.0. The predicted molar refractivity (Wildman–Crippen MR) is 112 cm³/mol. The zero-order valence-corrected chi connectivity index (χ0v) is 17.4. The molecule has 0 bridgehead atoms. The SMILES string of the molecule is CC1(N)CCCCC1C(=O)N1CCN(CCc2ccccc2)CC1.Cl.Cl. The Bertz CT molecular complexity index is 545. The third-order valence-electron chi connectivity index (χ3n) is 5.80. The average molecular weight is 402 g/mol. The number of benzene rings is 1. The van der Waals surface area contributed by atoms with Crippen molar-refractivity contribution in [2.45, 2.75) is 44.6 Å². The maximum Gasteiger partial charge on any atom is 0.227 e. The summed E-state index contributed by atoms with van der Waals surface area (Å²) in [6.45, 7) is 6.79. The molecule has 4 nitrogen and oxygen atoms in total. The second-order valence-corrected chi connectivity index (χ2v) is 7.71. The van der Waals surface area contributed by atoms with Crippen molar-refractivity contribution >= 4 is 30.7 Å². The summed E-state index contributed by atoms with van der Waals surface area (Å²) in [6, 6.07) is 10.6. The highest BCUT2D eigenvalue weighted by atomic mass is 35.5. The Morgan fingerprint density at radius 1 is 1.12 bits per heavy atom. The van der Waals surface area contributed by atoms with Gasteiger partial charge in [0.05, 0.1) is 5.92 Å². The summed E-state index contributed by atoms with van der Waals surface area (Å²) in [5.41, 5.74) is 7.48. The molecule has 1 saturated carbocycles. The van der Waals surface area contributed by atoms with Crippen LogP contribution < -0.4 is 5.73 Å². The summed E-state index contributed by atoms with van der Waals surface area (Å²) in [5, 5.41) is 0. The highest BCUT2D eigenvalue weighted by Gasteiger charge is 2.40. The van der Waals surface area contributed by atoms with Gasteiger partial charge in [0.15, 0.2) is 0 Å². The fraction of sp³-hybridized carbons (Fsp3) is 0.650. The van der Waals surface area contributed by atoms with Crippen molar-refractivity contribution < 1.29 is 4.79 Å². The molecule has 3 rings (SSSR count). The van der Waals surface area contributed by atoms with Gasteiger partial charge >= 0.3 is 0 Å². The Labute approximate surface area is 170 Å². The molecule has 2 aliphatic rings. The molecule has 1 heterocycles. The van der Waals surface area contributed by atoms with Gasteiger partial charge < -0.3 is 10.6 Å². The van der Waals surface area contributed by atoms with Gasteiger partial charge in [0.1, 0.15) is 0 Å². The molecule has 1 aromatic carbocycles. The highest BCUT2D eigenvalue weighted by molar-refractivity contribution is 5.85. The highest BCUT2D eigenvalue weighted by Crippen LogP contribution is 2.33. The fourth-order valence-electron chi connectivity index (χ4n) is 4.11. The lowest BCUT2D eigenvalue weighted by Crippen LogP contribution is -2.57. The average Bonchev–Trinajstić information content (AvgIpc) is 2.60. The molecule has 0 radical (unpaired) electrons. The van der Waals surface area contributed by atoms with E-state index in [1.165, 1.54) is 5.56 Å². The maximum atomic E-state index is 12.9. The minimum atomic E-state index is -0.320. The molecule has 0 spiro atoms. The monoisotopic (exact) mass is 401 g/mol. The smallest absolute Gasteiger partial charge is 0.227 e. The normalized spacial score (nSPS) is 26.5. The number of rotatable bonds is 4. The van der Waals surface area contributed by atoms with Crippen LogP contribution in [0, 0.1) is 5.92 Å². The van der Waals surface area contributed by atoms with Gasteiger partial charge in [0.25, 0.3) is 0 Å². The molecule has 26 heavy (non-hydrogen) atoms. The summed E-state index contributed by atoms with van der Waals surface area (Å²) in [6.07, 6.45) is 5.31. The van der Waals surface area contributed by atoms with Crippen LogP contribution in [0.2, 0.25) is 0 Å². The number of hydrogen-bond acceptors (Lipinski definition) is 3. The topological polar surface area (TPSA) is 49.6 Å². The molecule has 1 aliphatic heterocycles. The van der Waals surface area contributed by atoms with Gasteiger partial charge in [-0.2, -0.15) is 0 Å². The van der Waals surface area contributed by atoms with E-state index in [0.29, 0.717) is 5.91 Å². The summed E-state index contributed by atoms with van der Waals surface area (Å²) >= 11 is 0. The Hall–Kier alpha value is -0.810. The Morgan fingerprint density at radius 3 is 2.38 bits per heavy atom. The van der Waals surface area contributed by atoms with Crippen LogP contribution in [0.25, 0.3) is 0 Å². The Morgan fingerprint density at radius 2 is 1.77 bits per heavy atom. The maximum absolute atomic E-state index is 12.9. The van der Waals surface area contributed by atoms with Crippen LogP contribution in [0.15, 0.2) is 30.3 Å². The van der Waals surface area contributed by atoms with E-state index >= 15 is 0 Å². The molecule has 2 atom stereocenters. The van der Waals surface area contributed by atoms with Gasteiger partial charge in [-0.1, -0.05) is 43.2 Å². The van der Waals surface area contributed by atoms with E-state index in [2.05, 4.69) is 47.1 Å². The Balaban J connectivity index is 0.00000169. The summed E-state index contributed by atoms with van der Waals surface area (Å²) in [7, 11) is 0. The van der Waals surface area contributed by atoms with E-state index in [9.17, 15) is 4.79 Å². The van der Waals surface area contributed by atoms with Crippen molar-refractivity contribution in [1.82, 2.24) is 9.80 Å². The standard InChI is InChI=1S/C20H31N3O.2ClH/c1-20(21)11-6-5-9-18(20)19(24)23-15-13-22(14-16-23)12-10-17-7-3-2-4-8-17;;/h2-4,7-8,18H,5-6,9-16,21H2,1H3;2*1H. The van der Waals surface area contributed by atoms with Crippen molar-refractivity contribution in [3.63, 3.8) is 0 Å². The Kier molecular flexibility index (Phi) is 9.39. The van der Waals surface area contributed by atoms with Crippen LogP contribution in [0.4, 0.5) is 0 Å². The molecule has 148 valence electrons. The number of nitrogens with zero attached hydrogens (tertiary/aromatic N) is 2. The molecule has 1 aromatic rings. The molecule has 1 amide bonds. The van der Waals surface area contributed by atoms with Crippen LogP contribution in [-0.4, -0.2) is 54.0 Å². The second kappa shape index (κ2) is 10.5. The van der Waals surface area contributed by atoms with Crippen LogP contribution in [-0.2, 0) is 11.2 Å². The molecule has 0 aromatic heterocycles. The van der Waals surface area contributed by atoms with Gasteiger partial charge in [-0.3, -0.25) is 9.69 Å². The lowest BCUT2D eigenvalue weighted by molar-refractivity contribution is -0.140. The summed E-state index contributed by atoms with van der Waals surface area (Å²) in [4.78, 5) is 17.4. The number of amides is 1. The van der Waals surface area contributed by atoms with Crippen molar-refractivity contribution in [2.75, 3.05) is 32.7 Å². The fourth-order valence-corrected chi connectivity index (χ4v) is 4.11. The van der Waals surface area contributed by atoms with E-state index in [4.69, 9.17) is 5.73 Å². The van der Waals surface area contributed by atoms with Gasteiger partial charge in [-0.15, -0.1) is 24.8 Å². The third kappa shape index (κ3) is 5.85. The quantitative estimate of drug-likeness (QED) is 0.842. The zero-order valence-electron chi connectivity index (χ0n) is 15.7. The molecule has 1 aliphatic carbocycles. The molecular formula is C20H33Cl2N3O. The van der Waals surface area contributed by atoms with E-state index < -0.39 is 0 Å². The number of carbonyl (C=O) groups excluding carboxylic acids is 1. The predicted octanol–water partition coefficient (Wildman–Crippen LogP) is 3.12. The number of nitrogens with two attached hydrogens (primary N) is 1. The summed E-state index contributed by atoms with van der Waals surface area (Å²) in [5.74, 6) is 0.310. The van der Waals surface area contributed by atoms with E-state index in [1.807, 2.05) is 0 Å². The first-order chi connectivity index (χ1) is 11.6. The first kappa shape index (κ1) is 23.2. The lowest BCUT2D eigenvalue weighted by Gasteiger charge is -2.42. The minimum Gasteiger partial charge on any atom is -0.340 e. The van der Waals surface area contributed by atoms with Crippen LogP contribution in [0.3, 0.4) is 0 Å². The second-order valence-electron chi connectivity index (χ2n) is 7.71. The van der Waals surface area contributed by atoms with Gasteiger partial charge in [-0.25, -0.2) is 0 Å². The molecule has 1 saturated heterocycles. The lowest BCUT2D eigenvalue weighted by atomic mass is 9.74. The summed E-state index contributed by atoms with van der Waals surface area (Å²) < 4.78 is 0. The van der Waals surface area contributed by atoms with Gasteiger partial charge in [-0.05, 0) is 31.7 Å². The molecule has 2 unspecified atom stereocenters. The van der Waals surface area contributed by atoms with Gasteiger partial charge in [0, 0.05) is 38.3 Å². The van der Waals surface area contributed by atoms with E-state index in [0.717, 1.165) is 64.8 Å². The number of piperazine rings is 1. The van der Waals surface area contributed by atoms with Crippen molar-refractivity contribution in [3.8, 4) is 0 Å².